The zero-order chi connectivity index (χ0) is 18.0. The second-order valence-electron chi connectivity index (χ2n) is 5.73. The van der Waals surface area contributed by atoms with E-state index in [0.29, 0.717) is 11.3 Å². The number of halogens is 1. The van der Waals surface area contributed by atoms with E-state index in [1.807, 2.05) is 38.1 Å². The van der Waals surface area contributed by atoms with E-state index in [0.717, 1.165) is 11.1 Å². The smallest absolute Gasteiger partial charge is 0.355 e. The van der Waals surface area contributed by atoms with Crippen LogP contribution in [0, 0.1) is 13.8 Å². The Hall–Kier alpha value is -2.79. The molecule has 1 aliphatic heterocycles. The lowest BCUT2D eigenvalue weighted by Gasteiger charge is -2.16. The summed E-state index contributed by atoms with van der Waals surface area (Å²) < 4.78 is 10.3. The summed E-state index contributed by atoms with van der Waals surface area (Å²) in [7, 11) is 0. The molecule has 6 heteroatoms. The highest BCUT2D eigenvalue weighted by molar-refractivity contribution is 6.42. The molecular weight excluding hydrogens is 342 g/mol. The predicted molar refractivity (Wildman–Crippen MR) is 94.2 cm³/mol. The van der Waals surface area contributed by atoms with Crippen LogP contribution in [-0.4, -0.2) is 18.2 Å². The fourth-order valence-electron chi connectivity index (χ4n) is 2.27. The minimum absolute atomic E-state index is 0.137. The number of hydrogen-bond donors (Lipinski definition) is 1. The molecule has 1 N–H and O–H groups in total. The molecule has 0 amide bonds. The summed E-state index contributed by atoms with van der Waals surface area (Å²) in [5.74, 6) is -1.34. The molecule has 0 spiro atoms. The Morgan fingerprint density at radius 1 is 1.04 bits per heavy atom. The van der Waals surface area contributed by atoms with Crippen LogP contribution in [0.4, 0.5) is 5.69 Å². The topological polar surface area (TPSA) is 64.6 Å². The van der Waals surface area contributed by atoms with Gasteiger partial charge in [0.2, 0.25) is 0 Å². The third kappa shape index (κ3) is 3.83. The first-order valence-corrected chi connectivity index (χ1v) is 8.04. The zero-order valence-corrected chi connectivity index (χ0v) is 14.5. The number of cyclic esters (lactones) is 1. The molecule has 0 fully saturated rings. The van der Waals surface area contributed by atoms with E-state index in [1.165, 1.54) is 0 Å². The highest BCUT2D eigenvalue weighted by Gasteiger charge is 2.36. The first-order chi connectivity index (χ1) is 11.9. The van der Waals surface area contributed by atoms with Gasteiger partial charge in [-0.3, -0.25) is 0 Å². The van der Waals surface area contributed by atoms with Gasteiger partial charge in [0.25, 0.3) is 6.29 Å². The number of esters is 2. The number of hydrogen-bond acceptors (Lipinski definition) is 5. The molecule has 0 radical (unpaired) electrons. The standard InChI is InChI=1S/C19H16ClNO4/c1-11-3-7-13(8-4-11)17(22)24-19-16(15(20)18(23)25-19)21-14-9-5-12(2)6-10-14/h3-10,19,21H,1-2H3/t19-/m0/s1. The highest BCUT2D eigenvalue weighted by Crippen LogP contribution is 2.28. The number of ether oxygens (including phenoxy) is 2. The van der Waals surface area contributed by atoms with E-state index in [-0.39, 0.29) is 10.7 Å². The summed E-state index contributed by atoms with van der Waals surface area (Å²) in [6.45, 7) is 3.88. The predicted octanol–water partition coefficient (Wildman–Crippen LogP) is 3.91. The summed E-state index contributed by atoms with van der Waals surface area (Å²) >= 11 is 6.01. The maximum atomic E-state index is 12.3. The number of nitrogens with one attached hydrogen (secondary N) is 1. The van der Waals surface area contributed by atoms with E-state index in [9.17, 15) is 9.59 Å². The number of carbonyl (C=O) groups is 2. The van der Waals surface area contributed by atoms with Gasteiger partial charge >= 0.3 is 11.9 Å². The van der Waals surface area contributed by atoms with Gasteiger partial charge in [0.1, 0.15) is 5.70 Å². The number of benzene rings is 2. The summed E-state index contributed by atoms with van der Waals surface area (Å²) in [4.78, 5) is 24.0. The Morgan fingerprint density at radius 3 is 2.20 bits per heavy atom. The van der Waals surface area contributed by atoms with Crippen LogP contribution in [0.25, 0.3) is 0 Å². The second-order valence-corrected chi connectivity index (χ2v) is 6.11. The normalized spacial score (nSPS) is 16.6. The van der Waals surface area contributed by atoms with Gasteiger partial charge in [0.15, 0.2) is 5.03 Å². The van der Waals surface area contributed by atoms with Gasteiger partial charge < -0.3 is 14.8 Å². The molecular formula is C19H16ClNO4. The number of anilines is 1. The lowest BCUT2D eigenvalue weighted by Crippen LogP contribution is -2.24. The molecule has 0 saturated heterocycles. The van der Waals surface area contributed by atoms with Crippen LogP contribution >= 0.6 is 11.6 Å². The molecule has 2 aromatic carbocycles. The number of rotatable bonds is 4. The van der Waals surface area contributed by atoms with E-state index in [2.05, 4.69) is 5.32 Å². The van der Waals surface area contributed by atoms with E-state index < -0.39 is 18.2 Å². The summed E-state index contributed by atoms with van der Waals surface area (Å²) in [5, 5.41) is 2.85. The maximum absolute atomic E-state index is 12.3. The van der Waals surface area contributed by atoms with Crippen molar-refractivity contribution >= 4 is 29.2 Å². The van der Waals surface area contributed by atoms with Gasteiger partial charge in [-0.15, -0.1) is 0 Å². The Labute approximate surface area is 150 Å². The van der Waals surface area contributed by atoms with Crippen molar-refractivity contribution in [1.82, 2.24) is 0 Å². The molecule has 0 unspecified atom stereocenters. The Morgan fingerprint density at radius 2 is 1.60 bits per heavy atom. The first kappa shape index (κ1) is 17.0. The summed E-state index contributed by atoms with van der Waals surface area (Å²) in [6, 6.07) is 14.3. The van der Waals surface area contributed by atoms with Gasteiger partial charge in [0.05, 0.1) is 5.56 Å². The van der Waals surface area contributed by atoms with E-state index in [4.69, 9.17) is 21.1 Å². The Bertz CT molecular complexity index is 841. The van der Waals surface area contributed by atoms with Crippen LogP contribution in [-0.2, 0) is 14.3 Å². The molecule has 1 atom stereocenters. The largest absolute Gasteiger partial charge is 0.415 e. The third-order valence-corrected chi connectivity index (χ3v) is 4.06. The van der Waals surface area contributed by atoms with Crippen molar-refractivity contribution in [3.05, 3.63) is 76.0 Å². The van der Waals surface area contributed by atoms with Crippen molar-refractivity contribution in [2.24, 2.45) is 0 Å². The molecule has 5 nitrogen and oxygen atoms in total. The van der Waals surface area contributed by atoms with Crippen molar-refractivity contribution in [1.29, 1.82) is 0 Å². The molecule has 0 bridgehead atoms. The second kappa shape index (κ2) is 6.99. The zero-order valence-electron chi connectivity index (χ0n) is 13.7. The summed E-state index contributed by atoms with van der Waals surface area (Å²) in [6.07, 6.45) is -1.21. The fraction of sp³-hybridized carbons (Fsp3) is 0.158. The molecule has 0 saturated carbocycles. The molecule has 25 heavy (non-hydrogen) atoms. The van der Waals surface area contributed by atoms with Crippen molar-refractivity contribution in [3.8, 4) is 0 Å². The van der Waals surface area contributed by atoms with Crippen LogP contribution in [0.5, 0.6) is 0 Å². The quantitative estimate of drug-likeness (QED) is 0.840. The van der Waals surface area contributed by atoms with Crippen molar-refractivity contribution < 1.29 is 19.1 Å². The van der Waals surface area contributed by atoms with Gasteiger partial charge in [-0.2, -0.15) is 0 Å². The molecule has 0 aliphatic carbocycles. The fourth-order valence-corrected chi connectivity index (χ4v) is 2.45. The van der Waals surface area contributed by atoms with E-state index >= 15 is 0 Å². The Balaban J connectivity index is 1.78. The highest BCUT2D eigenvalue weighted by atomic mass is 35.5. The molecule has 3 rings (SSSR count). The van der Waals surface area contributed by atoms with Crippen molar-refractivity contribution in [2.75, 3.05) is 5.32 Å². The van der Waals surface area contributed by atoms with Crippen LogP contribution < -0.4 is 5.32 Å². The van der Waals surface area contributed by atoms with Gasteiger partial charge in [-0.25, -0.2) is 9.59 Å². The van der Waals surface area contributed by atoms with Crippen molar-refractivity contribution in [2.45, 2.75) is 20.1 Å². The lowest BCUT2D eigenvalue weighted by molar-refractivity contribution is -0.152. The van der Waals surface area contributed by atoms with Crippen LogP contribution in [0.3, 0.4) is 0 Å². The number of aryl methyl sites for hydroxylation is 2. The Kier molecular flexibility index (Phi) is 4.76. The number of carbonyl (C=O) groups excluding carboxylic acids is 2. The average molecular weight is 358 g/mol. The lowest BCUT2D eigenvalue weighted by atomic mass is 10.1. The molecule has 1 aliphatic rings. The van der Waals surface area contributed by atoms with Crippen molar-refractivity contribution in [3.63, 3.8) is 0 Å². The SMILES string of the molecule is Cc1ccc(NC2=C(Cl)C(=O)O[C@@H]2OC(=O)c2ccc(C)cc2)cc1. The molecule has 2 aromatic rings. The third-order valence-electron chi connectivity index (χ3n) is 3.70. The monoisotopic (exact) mass is 357 g/mol. The first-order valence-electron chi connectivity index (χ1n) is 7.66. The molecule has 0 aromatic heterocycles. The minimum atomic E-state index is -1.21. The van der Waals surface area contributed by atoms with E-state index in [1.54, 1.807) is 24.3 Å². The average Bonchev–Trinajstić information content (AvgIpc) is 2.85. The maximum Gasteiger partial charge on any atom is 0.355 e. The molecule has 128 valence electrons. The van der Waals surface area contributed by atoms with Gasteiger partial charge in [0, 0.05) is 5.69 Å². The minimum Gasteiger partial charge on any atom is -0.415 e. The van der Waals surface area contributed by atoms with Gasteiger partial charge in [-0.05, 0) is 38.1 Å². The molecule has 1 heterocycles. The summed E-state index contributed by atoms with van der Waals surface area (Å²) in [5.41, 5.74) is 3.38. The van der Waals surface area contributed by atoms with Crippen LogP contribution in [0.1, 0.15) is 21.5 Å². The van der Waals surface area contributed by atoms with Crippen LogP contribution in [0.2, 0.25) is 0 Å². The van der Waals surface area contributed by atoms with Crippen LogP contribution in [0.15, 0.2) is 59.3 Å². The van der Waals surface area contributed by atoms with Gasteiger partial charge in [-0.1, -0.05) is 47.0 Å².